The van der Waals surface area contributed by atoms with Crippen LogP contribution in [-0.4, -0.2) is 32.6 Å². The second kappa shape index (κ2) is 11.4. The summed E-state index contributed by atoms with van der Waals surface area (Å²) >= 11 is 6.71. The molecule has 5 rings (SSSR count). The zero-order valence-corrected chi connectivity index (χ0v) is 22.9. The second-order valence-electron chi connectivity index (χ2n) is 9.49. The van der Waals surface area contributed by atoms with Crippen LogP contribution < -0.4 is 14.8 Å². The minimum Gasteiger partial charge on any atom is -0.493 e. The Bertz CT molecular complexity index is 1480. The topological polar surface area (TPSA) is 73.9 Å². The van der Waals surface area contributed by atoms with E-state index >= 15 is 0 Å². The summed E-state index contributed by atoms with van der Waals surface area (Å²) in [6, 6.07) is 22.7. The molecule has 0 radical (unpaired) electrons. The van der Waals surface area contributed by atoms with E-state index in [1.165, 1.54) is 0 Å². The summed E-state index contributed by atoms with van der Waals surface area (Å²) in [7, 11) is 3.19. The third kappa shape index (κ3) is 5.04. The van der Waals surface area contributed by atoms with Crippen LogP contribution in [-0.2, 0) is 14.3 Å². The zero-order valence-electron chi connectivity index (χ0n) is 22.1. The smallest absolute Gasteiger partial charge is 0.337 e. The van der Waals surface area contributed by atoms with Gasteiger partial charge in [0.25, 0.3) is 0 Å². The lowest BCUT2D eigenvalue weighted by Crippen LogP contribution is -2.36. The highest BCUT2D eigenvalue weighted by atomic mass is 35.5. The number of Topliss-reactive ketones (excluding diaryl/α,β-unsaturated/α-hetero) is 1. The van der Waals surface area contributed by atoms with Crippen molar-refractivity contribution < 1.29 is 23.8 Å². The highest BCUT2D eigenvalue weighted by Crippen LogP contribution is 2.49. The normalized spacial score (nSPS) is 18.8. The Balaban J connectivity index is 1.68. The van der Waals surface area contributed by atoms with Crippen LogP contribution >= 0.6 is 11.6 Å². The number of ether oxygens (including phenoxy) is 3. The van der Waals surface area contributed by atoms with E-state index in [1.807, 2.05) is 66.7 Å². The number of esters is 1. The van der Waals surface area contributed by atoms with Crippen LogP contribution in [0.1, 0.15) is 48.3 Å². The fourth-order valence-electron chi connectivity index (χ4n) is 5.51. The van der Waals surface area contributed by atoms with Gasteiger partial charge in [-0.25, -0.2) is 4.79 Å². The third-order valence-electron chi connectivity index (χ3n) is 7.28. The van der Waals surface area contributed by atoms with Gasteiger partial charge in [0.2, 0.25) is 0 Å². The number of carbonyl (C=O) groups excluding carboxylic acids is 2. The number of nitrogens with one attached hydrogen (secondary N) is 1. The molecule has 0 amide bonds. The van der Waals surface area contributed by atoms with Crippen LogP contribution in [0.2, 0.25) is 5.02 Å². The molecule has 1 N–H and O–H groups in total. The van der Waals surface area contributed by atoms with Crippen molar-refractivity contribution in [2.45, 2.75) is 31.6 Å². The van der Waals surface area contributed by atoms with Gasteiger partial charge in [-0.3, -0.25) is 4.79 Å². The van der Waals surface area contributed by atoms with Crippen molar-refractivity contribution in [3.63, 3.8) is 0 Å². The predicted molar refractivity (Wildman–Crippen MR) is 151 cm³/mol. The summed E-state index contributed by atoms with van der Waals surface area (Å²) in [6.07, 6.45) is 0.859. The summed E-state index contributed by atoms with van der Waals surface area (Å²) in [6.45, 7) is 1.98. The highest BCUT2D eigenvalue weighted by molar-refractivity contribution is 6.31. The number of hydrogen-bond donors (Lipinski definition) is 1. The zero-order chi connectivity index (χ0) is 27.5. The molecule has 2 unspecified atom stereocenters. The van der Waals surface area contributed by atoms with Crippen LogP contribution in [0.5, 0.6) is 11.5 Å². The van der Waals surface area contributed by atoms with Gasteiger partial charge in [0.05, 0.1) is 32.1 Å². The van der Waals surface area contributed by atoms with Gasteiger partial charge in [0.1, 0.15) is 0 Å². The second-order valence-corrected chi connectivity index (χ2v) is 9.90. The summed E-state index contributed by atoms with van der Waals surface area (Å²) in [5.41, 5.74) is 4.84. The Kier molecular flexibility index (Phi) is 7.75. The van der Waals surface area contributed by atoms with Crippen molar-refractivity contribution in [2.24, 2.45) is 0 Å². The van der Waals surface area contributed by atoms with Crippen molar-refractivity contribution in [1.29, 1.82) is 0 Å². The van der Waals surface area contributed by atoms with E-state index in [-0.39, 0.29) is 24.7 Å². The molecule has 1 aliphatic carbocycles. The summed E-state index contributed by atoms with van der Waals surface area (Å²) in [5, 5.41) is 3.99. The lowest BCUT2D eigenvalue weighted by atomic mass is 9.71. The molecule has 39 heavy (non-hydrogen) atoms. The van der Waals surface area contributed by atoms with Gasteiger partial charge in [-0.15, -0.1) is 0 Å². The van der Waals surface area contributed by atoms with Crippen LogP contribution in [0.3, 0.4) is 0 Å². The van der Waals surface area contributed by atoms with Crippen molar-refractivity contribution in [2.75, 3.05) is 20.8 Å². The van der Waals surface area contributed by atoms with Gasteiger partial charge in [-0.2, -0.15) is 0 Å². The lowest BCUT2D eigenvalue weighted by Gasteiger charge is -2.37. The number of carbonyl (C=O) groups is 2. The molecule has 0 saturated heterocycles. The van der Waals surface area contributed by atoms with Crippen LogP contribution in [0, 0.1) is 0 Å². The molecule has 3 aromatic carbocycles. The van der Waals surface area contributed by atoms with E-state index < -0.39 is 11.9 Å². The van der Waals surface area contributed by atoms with E-state index in [9.17, 15) is 9.59 Å². The van der Waals surface area contributed by atoms with Crippen LogP contribution in [0.25, 0.3) is 5.70 Å². The van der Waals surface area contributed by atoms with E-state index in [0.29, 0.717) is 45.3 Å². The minimum atomic E-state index is -0.664. The Morgan fingerprint density at radius 2 is 1.67 bits per heavy atom. The first kappa shape index (κ1) is 26.6. The number of ketones is 1. The maximum absolute atomic E-state index is 14.0. The van der Waals surface area contributed by atoms with E-state index in [2.05, 4.69) is 5.32 Å². The SMILES string of the molecule is CCOC(=O)C1=C(c2ccccc2)NC2=C(C(=O)CC(c3ccc(OC)c(OC)c3)C2)C1c1ccccc1Cl. The minimum absolute atomic E-state index is 0.0395. The number of allylic oxidation sites excluding steroid dienone is 2. The Hall–Kier alpha value is -4.03. The quantitative estimate of drug-likeness (QED) is 0.347. The molecule has 0 bridgehead atoms. The van der Waals surface area contributed by atoms with Gasteiger partial charge in [-0.05, 0) is 54.2 Å². The first-order chi connectivity index (χ1) is 19.0. The van der Waals surface area contributed by atoms with Crippen molar-refractivity contribution in [3.8, 4) is 11.5 Å². The standard InChI is InChI=1S/C32H30ClNO5/c1-4-39-32(36)30-28(22-12-8-9-13-23(22)33)29-24(34-31(30)19-10-6-5-7-11-19)16-21(17-25(29)35)20-14-15-26(37-2)27(18-20)38-3/h5-15,18,21,28,34H,4,16-17H2,1-3H3. The number of rotatable bonds is 7. The Labute approximate surface area is 233 Å². The molecule has 3 aromatic rings. The maximum atomic E-state index is 14.0. The molecule has 7 heteroatoms. The Morgan fingerprint density at radius 1 is 0.949 bits per heavy atom. The number of halogens is 1. The van der Waals surface area contributed by atoms with Gasteiger partial charge < -0.3 is 19.5 Å². The number of benzene rings is 3. The average Bonchev–Trinajstić information content (AvgIpc) is 2.96. The summed E-state index contributed by atoms with van der Waals surface area (Å²) < 4.78 is 16.5. The molecule has 1 heterocycles. The Morgan fingerprint density at radius 3 is 2.36 bits per heavy atom. The molecule has 0 fully saturated rings. The molecule has 200 valence electrons. The molecular weight excluding hydrogens is 514 g/mol. The molecule has 6 nitrogen and oxygen atoms in total. The van der Waals surface area contributed by atoms with Gasteiger partial charge in [-0.1, -0.05) is 66.2 Å². The lowest BCUT2D eigenvalue weighted by molar-refractivity contribution is -0.138. The van der Waals surface area contributed by atoms with Crippen LogP contribution in [0.4, 0.5) is 0 Å². The van der Waals surface area contributed by atoms with Gasteiger partial charge >= 0.3 is 5.97 Å². The van der Waals surface area contributed by atoms with E-state index in [0.717, 1.165) is 16.8 Å². The maximum Gasteiger partial charge on any atom is 0.337 e. The average molecular weight is 544 g/mol. The third-order valence-corrected chi connectivity index (χ3v) is 7.63. The number of dihydropyridines is 1. The number of hydrogen-bond acceptors (Lipinski definition) is 6. The van der Waals surface area contributed by atoms with Crippen LogP contribution in [0.15, 0.2) is 89.6 Å². The van der Waals surface area contributed by atoms with Crippen molar-refractivity contribution >= 4 is 29.1 Å². The van der Waals surface area contributed by atoms with E-state index in [1.54, 1.807) is 27.2 Å². The molecule has 0 saturated carbocycles. The van der Waals surface area contributed by atoms with Crippen molar-refractivity contribution in [1.82, 2.24) is 5.32 Å². The summed E-state index contributed by atoms with van der Waals surface area (Å²) in [4.78, 5) is 27.5. The first-order valence-electron chi connectivity index (χ1n) is 12.9. The molecule has 0 aromatic heterocycles. The molecular formula is C32H30ClNO5. The predicted octanol–water partition coefficient (Wildman–Crippen LogP) is 6.42. The fraction of sp³-hybridized carbons (Fsp3) is 0.250. The summed E-state index contributed by atoms with van der Waals surface area (Å²) in [5.74, 6) is -0.0225. The fourth-order valence-corrected chi connectivity index (χ4v) is 5.76. The monoisotopic (exact) mass is 543 g/mol. The van der Waals surface area contributed by atoms with Crippen molar-refractivity contribution in [3.05, 3.63) is 111 Å². The molecule has 0 spiro atoms. The first-order valence-corrected chi connectivity index (χ1v) is 13.3. The number of methoxy groups -OCH3 is 2. The van der Waals surface area contributed by atoms with Gasteiger partial charge in [0, 0.05) is 28.6 Å². The van der Waals surface area contributed by atoms with Gasteiger partial charge in [0.15, 0.2) is 17.3 Å². The molecule has 2 aliphatic rings. The highest BCUT2D eigenvalue weighted by Gasteiger charge is 2.43. The largest absolute Gasteiger partial charge is 0.493 e. The molecule has 2 atom stereocenters. The molecule has 1 aliphatic heterocycles. The van der Waals surface area contributed by atoms with E-state index in [4.69, 9.17) is 25.8 Å².